The Morgan fingerprint density at radius 2 is 1.96 bits per heavy atom. The van der Waals surface area contributed by atoms with Gasteiger partial charge < -0.3 is 9.84 Å². The van der Waals surface area contributed by atoms with Crippen LogP contribution in [0.1, 0.15) is 60.6 Å². The highest BCUT2D eigenvalue weighted by molar-refractivity contribution is 7.12. The van der Waals surface area contributed by atoms with Crippen molar-refractivity contribution in [2.45, 2.75) is 59.2 Å². The Morgan fingerprint density at radius 1 is 1.25 bits per heavy atom. The summed E-state index contributed by atoms with van der Waals surface area (Å²) in [7, 11) is 0. The zero-order chi connectivity index (χ0) is 17.6. The SMILES string of the molecule is Cc1sc(C)c(C(OC(C)(C)C)C(=O)O)c1C1=CC2C=CC1CC2. The highest BCUT2D eigenvalue weighted by Crippen LogP contribution is 2.47. The summed E-state index contributed by atoms with van der Waals surface area (Å²) in [4.78, 5) is 14.2. The molecule has 4 rings (SSSR count). The first kappa shape index (κ1) is 17.4. The van der Waals surface area contributed by atoms with Gasteiger partial charge in [0.25, 0.3) is 0 Å². The lowest BCUT2D eigenvalue weighted by atomic mass is 9.73. The van der Waals surface area contributed by atoms with E-state index < -0.39 is 17.7 Å². The van der Waals surface area contributed by atoms with Crippen molar-refractivity contribution in [2.75, 3.05) is 0 Å². The quantitative estimate of drug-likeness (QED) is 0.754. The maximum Gasteiger partial charge on any atom is 0.337 e. The average Bonchev–Trinajstić information content (AvgIpc) is 2.79. The summed E-state index contributed by atoms with van der Waals surface area (Å²) in [5.41, 5.74) is 2.76. The fourth-order valence-electron chi connectivity index (χ4n) is 3.82. The molecule has 24 heavy (non-hydrogen) atoms. The van der Waals surface area contributed by atoms with Crippen molar-refractivity contribution in [1.29, 1.82) is 0 Å². The molecule has 1 aromatic rings. The van der Waals surface area contributed by atoms with Crippen LogP contribution in [0.5, 0.6) is 0 Å². The summed E-state index contributed by atoms with van der Waals surface area (Å²) in [6.07, 6.45) is 8.34. The highest BCUT2D eigenvalue weighted by atomic mass is 32.1. The Bertz CT molecular complexity index is 718. The molecular formula is C20H26O3S. The fraction of sp³-hybridized carbons (Fsp3) is 0.550. The molecule has 4 heteroatoms. The summed E-state index contributed by atoms with van der Waals surface area (Å²) >= 11 is 1.68. The molecule has 1 N–H and O–H groups in total. The fourth-order valence-corrected chi connectivity index (χ4v) is 4.93. The van der Waals surface area contributed by atoms with Crippen LogP contribution in [-0.2, 0) is 9.53 Å². The average molecular weight is 346 g/mol. The third kappa shape index (κ3) is 3.22. The number of carboxylic acids is 1. The minimum absolute atomic E-state index is 0.408. The predicted octanol–water partition coefficient (Wildman–Crippen LogP) is 5.29. The van der Waals surface area contributed by atoms with E-state index in [0.717, 1.165) is 22.4 Å². The maximum atomic E-state index is 12.0. The molecule has 130 valence electrons. The van der Waals surface area contributed by atoms with Gasteiger partial charge >= 0.3 is 5.97 Å². The molecule has 3 unspecified atom stereocenters. The largest absolute Gasteiger partial charge is 0.479 e. The minimum atomic E-state index is -0.921. The van der Waals surface area contributed by atoms with E-state index >= 15 is 0 Å². The number of ether oxygens (including phenoxy) is 1. The molecular weight excluding hydrogens is 320 g/mol. The third-order valence-corrected chi connectivity index (χ3v) is 5.78. The van der Waals surface area contributed by atoms with Gasteiger partial charge in [0, 0.05) is 21.2 Å². The van der Waals surface area contributed by atoms with Gasteiger partial charge in [-0.15, -0.1) is 11.3 Å². The molecule has 1 aromatic heterocycles. The lowest BCUT2D eigenvalue weighted by Gasteiger charge is -2.32. The number of fused-ring (bicyclic) bond motifs is 1. The molecule has 3 aliphatic rings. The Hall–Kier alpha value is -1.39. The van der Waals surface area contributed by atoms with E-state index in [-0.39, 0.29) is 0 Å². The Balaban J connectivity index is 2.10. The van der Waals surface area contributed by atoms with Gasteiger partial charge in [-0.3, -0.25) is 0 Å². The molecule has 2 bridgehead atoms. The van der Waals surface area contributed by atoms with Gasteiger partial charge in [-0.25, -0.2) is 4.79 Å². The number of aryl methyl sites for hydroxylation is 2. The molecule has 0 saturated heterocycles. The van der Waals surface area contributed by atoms with Crippen LogP contribution in [0.15, 0.2) is 18.2 Å². The summed E-state index contributed by atoms with van der Waals surface area (Å²) in [5, 5.41) is 9.82. The van der Waals surface area contributed by atoms with Crippen LogP contribution in [0.25, 0.3) is 5.57 Å². The normalized spacial score (nSPS) is 24.1. The second-order valence-corrected chi connectivity index (χ2v) is 9.24. The lowest BCUT2D eigenvalue weighted by molar-refractivity contribution is -0.160. The van der Waals surface area contributed by atoms with E-state index in [9.17, 15) is 9.90 Å². The molecule has 0 aromatic carbocycles. The highest BCUT2D eigenvalue weighted by Gasteiger charge is 2.35. The first-order valence-electron chi connectivity index (χ1n) is 8.58. The van der Waals surface area contributed by atoms with Crippen LogP contribution in [0.4, 0.5) is 0 Å². The number of carbonyl (C=O) groups is 1. The molecule has 3 aliphatic carbocycles. The Kier molecular flexibility index (Phi) is 4.47. The van der Waals surface area contributed by atoms with E-state index in [2.05, 4.69) is 25.2 Å². The molecule has 3 atom stereocenters. The second kappa shape index (κ2) is 6.16. The zero-order valence-corrected chi connectivity index (χ0v) is 15.9. The maximum absolute atomic E-state index is 12.0. The van der Waals surface area contributed by atoms with Crippen molar-refractivity contribution >= 4 is 22.9 Å². The number of rotatable bonds is 4. The number of hydrogen-bond acceptors (Lipinski definition) is 3. The predicted molar refractivity (Wildman–Crippen MR) is 98.3 cm³/mol. The number of aliphatic carboxylic acids is 1. The van der Waals surface area contributed by atoms with Crippen LogP contribution in [0, 0.1) is 25.7 Å². The molecule has 0 radical (unpaired) electrons. The minimum Gasteiger partial charge on any atom is -0.479 e. The van der Waals surface area contributed by atoms with Gasteiger partial charge in [-0.2, -0.15) is 0 Å². The van der Waals surface area contributed by atoms with Gasteiger partial charge in [0.15, 0.2) is 6.10 Å². The van der Waals surface area contributed by atoms with Crippen molar-refractivity contribution < 1.29 is 14.6 Å². The van der Waals surface area contributed by atoms with E-state index in [4.69, 9.17) is 4.74 Å². The van der Waals surface area contributed by atoms with Crippen molar-refractivity contribution in [1.82, 2.24) is 0 Å². The standard InChI is InChI=1S/C20H26O3S/c1-11-16(15-10-13-6-8-14(15)9-7-13)17(12(2)24-11)18(19(21)22)23-20(3,4)5/h6,8,10,13-14,18H,7,9H2,1-5H3,(H,21,22). The van der Waals surface area contributed by atoms with Gasteiger partial charge in [-0.05, 0) is 64.5 Å². The van der Waals surface area contributed by atoms with E-state index in [0.29, 0.717) is 11.8 Å². The molecule has 0 aliphatic heterocycles. The van der Waals surface area contributed by atoms with Gasteiger partial charge in [0.05, 0.1) is 5.60 Å². The van der Waals surface area contributed by atoms with Crippen LogP contribution in [0.2, 0.25) is 0 Å². The molecule has 3 nitrogen and oxygen atoms in total. The van der Waals surface area contributed by atoms with Gasteiger partial charge in [0.2, 0.25) is 0 Å². The molecule has 0 spiro atoms. The van der Waals surface area contributed by atoms with Crippen LogP contribution < -0.4 is 0 Å². The zero-order valence-electron chi connectivity index (χ0n) is 15.1. The molecule has 0 amide bonds. The topological polar surface area (TPSA) is 46.5 Å². The van der Waals surface area contributed by atoms with Crippen molar-refractivity contribution in [3.63, 3.8) is 0 Å². The molecule has 1 heterocycles. The summed E-state index contributed by atoms with van der Waals surface area (Å²) in [5.74, 6) is -0.0148. The van der Waals surface area contributed by atoms with Crippen LogP contribution in [0.3, 0.4) is 0 Å². The Labute approximate surface area is 148 Å². The number of thiophene rings is 1. The number of carboxylic acid groups (broad SMARTS) is 1. The van der Waals surface area contributed by atoms with Gasteiger partial charge in [-0.1, -0.05) is 18.2 Å². The van der Waals surface area contributed by atoms with Crippen molar-refractivity contribution in [2.24, 2.45) is 11.8 Å². The lowest BCUT2D eigenvalue weighted by Crippen LogP contribution is -2.28. The second-order valence-electron chi connectivity index (χ2n) is 7.81. The Morgan fingerprint density at radius 3 is 2.42 bits per heavy atom. The monoisotopic (exact) mass is 346 g/mol. The van der Waals surface area contributed by atoms with E-state index in [1.807, 2.05) is 27.7 Å². The van der Waals surface area contributed by atoms with Crippen molar-refractivity contribution in [3.05, 3.63) is 39.1 Å². The van der Waals surface area contributed by atoms with Crippen LogP contribution >= 0.6 is 11.3 Å². The first-order valence-corrected chi connectivity index (χ1v) is 9.40. The number of allylic oxidation sites excluding steroid dienone is 4. The summed E-state index contributed by atoms with van der Waals surface area (Å²) in [6.45, 7) is 9.82. The van der Waals surface area contributed by atoms with Gasteiger partial charge in [0.1, 0.15) is 0 Å². The smallest absolute Gasteiger partial charge is 0.337 e. The van der Waals surface area contributed by atoms with E-state index in [1.54, 1.807) is 11.3 Å². The first-order chi connectivity index (χ1) is 11.2. The third-order valence-electron chi connectivity index (χ3n) is 4.75. The molecule has 0 fully saturated rings. The van der Waals surface area contributed by atoms with Crippen LogP contribution in [-0.4, -0.2) is 16.7 Å². The van der Waals surface area contributed by atoms with Crippen molar-refractivity contribution in [3.8, 4) is 0 Å². The van der Waals surface area contributed by atoms with E-state index in [1.165, 1.54) is 16.9 Å². The summed E-state index contributed by atoms with van der Waals surface area (Å²) < 4.78 is 5.95. The summed E-state index contributed by atoms with van der Waals surface area (Å²) in [6, 6.07) is 0. The molecule has 0 saturated carbocycles. The number of hydrogen-bond donors (Lipinski definition) is 1.